The molecular weight excluding hydrogens is 749 g/mol. The highest BCUT2D eigenvalue weighted by Crippen LogP contribution is 2.51. The van der Waals surface area contributed by atoms with Gasteiger partial charge in [0.1, 0.15) is 12.1 Å². The zero-order chi connectivity index (χ0) is 40.9. The van der Waals surface area contributed by atoms with Crippen LogP contribution in [-0.4, -0.2) is 109 Å². The van der Waals surface area contributed by atoms with Crippen LogP contribution >= 0.6 is 0 Å². The molecule has 1 unspecified atom stereocenters. The van der Waals surface area contributed by atoms with Crippen molar-refractivity contribution in [2.75, 3.05) is 27.4 Å². The molecule has 9 atom stereocenters. The van der Waals surface area contributed by atoms with Crippen LogP contribution in [0.4, 0.5) is 9.59 Å². The molecule has 0 aromatic heterocycles. The molecule has 0 radical (unpaired) electrons. The molecule has 5 aliphatic heterocycles. The molecule has 0 spiro atoms. The van der Waals surface area contributed by atoms with Crippen molar-refractivity contribution >= 4 is 51.8 Å². The number of aliphatic imine (C=N–C) groups is 2. The van der Waals surface area contributed by atoms with Gasteiger partial charge < -0.3 is 34.6 Å². The number of alkyl carbamates (subject to hydrolysis) is 2. The number of carbonyl (C=O) groups is 4. The average molecular weight is 801 g/mol. The van der Waals surface area contributed by atoms with Gasteiger partial charge in [0.15, 0.2) is 0 Å². The molecule has 308 valence electrons. The average Bonchev–Trinajstić information content (AvgIpc) is 3.85. The molecule has 2 saturated carbocycles. The van der Waals surface area contributed by atoms with Crippen LogP contribution in [0, 0.1) is 35.5 Å². The van der Waals surface area contributed by atoms with Gasteiger partial charge in [-0.25, -0.2) is 9.59 Å². The summed E-state index contributed by atoms with van der Waals surface area (Å²) in [5.74, 6) is 7.29. The quantitative estimate of drug-likeness (QED) is 0.313. The Bertz CT molecular complexity index is 2260. The number of rotatable bonds is 9. The highest BCUT2D eigenvalue weighted by atomic mass is 16.5. The molecule has 13 heteroatoms. The van der Waals surface area contributed by atoms with E-state index in [0.29, 0.717) is 37.9 Å². The first kappa shape index (κ1) is 39.0. The first-order chi connectivity index (χ1) is 28.6. The highest BCUT2D eigenvalue weighted by molar-refractivity contribution is 6.05. The van der Waals surface area contributed by atoms with E-state index < -0.39 is 24.3 Å². The molecule has 3 saturated heterocycles. The summed E-state index contributed by atoms with van der Waals surface area (Å²) in [7, 11) is 2.63. The molecule has 9 rings (SSSR count). The molecule has 2 aliphatic carbocycles. The molecule has 13 nitrogen and oxygen atoms in total. The van der Waals surface area contributed by atoms with Crippen molar-refractivity contribution in [1.82, 2.24) is 20.4 Å². The molecule has 7 aliphatic rings. The summed E-state index contributed by atoms with van der Waals surface area (Å²) in [4.78, 5) is 66.0. The number of fused-ring (bicyclic) bond motifs is 3. The predicted octanol–water partition coefficient (Wildman–Crippen LogP) is 5.62. The Labute approximate surface area is 344 Å². The van der Waals surface area contributed by atoms with Crippen molar-refractivity contribution < 1.29 is 33.4 Å². The van der Waals surface area contributed by atoms with Crippen LogP contribution in [0.15, 0.2) is 64.4 Å². The van der Waals surface area contributed by atoms with Gasteiger partial charge >= 0.3 is 12.2 Å². The third-order valence-corrected chi connectivity index (χ3v) is 13.4. The standard InChI is InChI=1S/C46H52N6O7/c1-25(2)41(49-45(55)57-3)43(53)51-37-18-32(37)20-39(51)35-15-27(22-47-35)8-7-26-9-10-29-16-30(12-11-28(29)14-26)34-17-36(48-23-34)40-21-33-19-38(33)52(40)44(54)42(50-46(56)58-4)31-6-5-13-59-24-31/h9-12,14,16,22-23,25,31-33,37-42H,5-6,13,15,17-21,24H2,1-4H3,(H,49,55)(H,50,56)/t31-,32-,33-,37-,38-,39+,40?,41+,42+/m1/s1. The van der Waals surface area contributed by atoms with Gasteiger partial charge in [-0.3, -0.25) is 19.6 Å². The monoisotopic (exact) mass is 800 g/mol. The second-order valence-corrected chi connectivity index (χ2v) is 17.5. The van der Waals surface area contributed by atoms with Crippen LogP contribution in [0.25, 0.3) is 16.3 Å². The van der Waals surface area contributed by atoms with E-state index in [1.165, 1.54) is 14.2 Å². The van der Waals surface area contributed by atoms with Gasteiger partial charge in [0.2, 0.25) is 11.8 Å². The number of ether oxygens (including phenoxy) is 3. The van der Waals surface area contributed by atoms with Gasteiger partial charge in [-0.1, -0.05) is 43.9 Å². The number of likely N-dealkylation sites (tertiary alicyclic amines) is 2. The van der Waals surface area contributed by atoms with Gasteiger partial charge in [0, 0.05) is 72.4 Å². The van der Waals surface area contributed by atoms with Crippen LogP contribution in [0.2, 0.25) is 0 Å². The van der Waals surface area contributed by atoms with E-state index in [-0.39, 0.29) is 47.8 Å². The number of hydrogen-bond donors (Lipinski definition) is 2. The molecule has 59 heavy (non-hydrogen) atoms. The minimum Gasteiger partial charge on any atom is -0.453 e. The summed E-state index contributed by atoms with van der Waals surface area (Å²) in [6.45, 7) is 4.96. The lowest BCUT2D eigenvalue weighted by Crippen LogP contribution is -2.56. The van der Waals surface area contributed by atoms with E-state index in [9.17, 15) is 19.2 Å². The minimum absolute atomic E-state index is 0.0614. The maximum Gasteiger partial charge on any atom is 0.407 e. The predicted molar refractivity (Wildman–Crippen MR) is 222 cm³/mol. The van der Waals surface area contributed by atoms with E-state index >= 15 is 0 Å². The van der Waals surface area contributed by atoms with Crippen LogP contribution in [0.1, 0.15) is 76.3 Å². The maximum absolute atomic E-state index is 14.2. The van der Waals surface area contributed by atoms with Gasteiger partial charge in [-0.15, -0.1) is 0 Å². The number of hydrogen-bond acceptors (Lipinski definition) is 9. The van der Waals surface area contributed by atoms with Crippen molar-refractivity contribution in [3.8, 4) is 11.8 Å². The van der Waals surface area contributed by atoms with Crippen molar-refractivity contribution in [3.63, 3.8) is 0 Å². The van der Waals surface area contributed by atoms with Crippen molar-refractivity contribution in [3.05, 3.63) is 65.5 Å². The third-order valence-electron chi connectivity index (χ3n) is 13.4. The number of piperidine rings is 2. The molecule has 5 heterocycles. The molecule has 5 fully saturated rings. The van der Waals surface area contributed by atoms with Crippen molar-refractivity contribution in [1.29, 1.82) is 0 Å². The van der Waals surface area contributed by atoms with Gasteiger partial charge in [0.25, 0.3) is 0 Å². The van der Waals surface area contributed by atoms with E-state index in [1.807, 2.05) is 42.1 Å². The number of methoxy groups -OCH3 is 2. The largest absolute Gasteiger partial charge is 0.453 e. The Morgan fingerprint density at radius 3 is 2.15 bits per heavy atom. The summed E-state index contributed by atoms with van der Waals surface area (Å²) in [5.41, 5.74) is 5.98. The first-order valence-electron chi connectivity index (χ1n) is 21.1. The van der Waals surface area contributed by atoms with E-state index in [0.717, 1.165) is 83.0 Å². The second kappa shape index (κ2) is 15.9. The number of carbonyl (C=O) groups excluding carboxylic acids is 4. The molecule has 2 N–H and O–H groups in total. The van der Waals surface area contributed by atoms with E-state index in [1.54, 1.807) is 0 Å². The topological polar surface area (TPSA) is 151 Å². The summed E-state index contributed by atoms with van der Waals surface area (Å²) in [5, 5.41) is 7.77. The van der Waals surface area contributed by atoms with Gasteiger partial charge in [-0.05, 0) is 96.4 Å². The Hall–Kier alpha value is -5.48. The highest BCUT2D eigenvalue weighted by Gasteiger charge is 2.58. The number of nitrogens with one attached hydrogen (secondary N) is 2. The van der Waals surface area contributed by atoms with Crippen molar-refractivity contribution in [2.45, 2.75) is 101 Å². The molecule has 0 bridgehead atoms. The second-order valence-electron chi connectivity index (χ2n) is 17.5. The van der Waals surface area contributed by atoms with Gasteiger partial charge in [-0.2, -0.15) is 0 Å². The lowest BCUT2D eigenvalue weighted by atomic mass is 9.91. The zero-order valence-corrected chi connectivity index (χ0v) is 34.1. The fraction of sp³-hybridized carbons (Fsp3) is 0.522. The minimum atomic E-state index is -0.692. The van der Waals surface area contributed by atoms with Crippen LogP contribution < -0.4 is 10.6 Å². The summed E-state index contributed by atoms with van der Waals surface area (Å²) >= 11 is 0. The Morgan fingerprint density at radius 2 is 1.46 bits per heavy atom. The van der Waals surface area contributed by atoms with Crippen LogP contribution in [-0.2, 0) is 23.8 Å². The van der Waals surface area contributed by atoms with E-state index in [2.05, 4.69) is 52.8 Å². The summed E-state index contributed by atoms with van der Waals surface area (Å²) < 4.78 is 15.4. The number of benzene rings is 2. The maximum atomic E-state index is 14.2. The van der Waals surface area contributed by atoms with Gasteiger partial charge in [0.05, 0.1) is 32.9 Å². The molecule has 4 amide bonds. The lowest BCUT2D eigenvalue weighted by molar-refractivity contribution is -0.137. The van der Waals surface area contributed by atoms with Crippen molar-refractivity contribution in [2.24, 2.45) is 33.7 Å². The number of nitrogens with zero attached hydrogens (tertiary/aromatic N) is 4. The lowest BCUT2D eigenvalue weighted by Gasteiger charge is -2.36. The normalized spacial score (nSPS) is 28.6. The van der Waals surface area contributed by atoms with Crippen LogP contribution in [0.3, 0.4) is 0 Å². The SMILES string of the molecule is COC(=O)N[C@H](C(=O)N1[C@@H]2C[C@@H]2C[C@H]1C1=NC=C(C#Cc2ccc3cc(C4=CN=C(C5C[C@H]6C[C@H]6N5C(=O)[C@@H](NC(=O)OC)[C@@H]5CCCOC5)C4)ccc3c2)C1)C(C)C. The Kier molecular flexibility index (Phi) is 10.5. The van der Waals surface area contributed by atoms with Crippen LogP contribution in [0.5, 0.6) is 0 Å². The fourth-order valence-electron chi connectivity index (χ4n) is 9.99. The Balaban J connectivity index is 0.827. The number of amides is 4. The first-order valence-corrected chi connectivity index (χ1v) is 21.1. The Morgan fingerprint density at radius 1 is 0.797 bits per heavy atom. The zero-order valence-electron chi connectivity index (χ0n) is 34.1. The van der Waals surface area contributed by atoms with E-state index in [4.69, 9.17) is 24.2 Å². The summed E-state index contributed by atoms with van der Waals surface area (Å²) in [6.07, 6.45) is 9.26. The molecular formula is C46H52N6O7. The summed E-state index contributed by atoms with van der Waals surface area (Å²) in [6, 6.07) is 11.5. The molecule has 2 aromatic carbocycles. The number of allylic oxidation sites excluding steroid dienone is 2. The fourth-order valence-corrected chi connectivity index (χ4v) is 9.99. The molecule has 2 aromatic rings. The smallest absolute Gasteiger partial charge is 0.407 e. The third kappa shape index (κ3) is 7.75.